The first-order valence-corrected chi connectivity index (χ1v) is 9.22. The van der Waals surface area contributed by atoms with Crippen LogP contribution in [0.4, 0.5) is 0 Å². The molecule has 0 saturated heterocycles. The molecule has 0 amide bonds. The van der Waals surface area contributed by atoms with Gasteiger partial charge in [-0.25, -0.2) is 4.98 Å². The van der Waals surface area contributed by atoms with Crippen molar-refractivity contribution in [1.82, 2.24) is 4.98 Å². The van der Waals surface area contributed by atoms with Gasteiger partial charge in [0.15, 0.2) is 5.78 Å². The van der Waals surface area contributed by atoms with Crippen LogP contribution in [-0.4, -0.2) is 16.6 Å². The number of pyridine rings is 1. The van der Waals surface area contributed by atoms with Crippen LogP contribution in [0.5, 0.6) is 0 Å². The normalized spacial score (nSPS) is 10.7. The van der Waals surface area contributed by atoms with E-state index in [-0.39, 0.29) is 17.3 Å². The molecule has 1 aromatic heterocycles. The van der Waals surface area contributed by atoms with E-state index in [1.54, 1.807) is 54.6 Å². The van der Waals surface area contributed by atoms with Crippen LogP contribution in [0.2, 0.25) is 0 Å². The van der Waals surface area contributed by atoms with Crippen molar-refractivity contribution in [2.45, 2.75) is 0 Å². The molecule has 130 valence electrons. The quantitative estimate of drug-likeness (QED) is 0.415. The van der Waals surface area contributed by atoms with Gasteiger partial charge in [0.2, 0.25) is 5.78 Å². The summed E-state index contributed by atoms with van der Waals surface area (Å²) in [5.41, 5.74) is 2.18. The van der Waals surface area contributed by atoms with Gasteiger partial charge >= 0.3 is 0 Å². The number of ketones is 2. The molecular weight excluding hydrogens is 402 g/mol. The molecule has 4 heteroatoms. The van der Waals surface area contributed by atoms with Crippen molar-refractivity contribution in [2.75, 3.05) is 0 Å². The second kappa shape index (κ2) is 7.25. The summed E-state index contributed by atoms with van der Waals surface area (Å²) in [4.78, 5) is 30.8. The Hall–Kier alpha value is -3.11. The predicted octanol–water partition coefficient (Wildman–Crippen LogP) is 5.46. The molecule has 4 rings (SSSR count). The molecule has 1 heterocycles. The van der Waals surface area contributed by atoms with Gasteiger partial charge in [-0.05, 0) is 36.4 Å². The number of para-hydroxylation sites is 1. The van der Waals surface area contributed by atoms with Gasteiger partial charge < -0.3 is 0 Å². The van der Waals surface area contributed by atoms with Gasteiger partial charge in [-0.1, -0.05) is 64.5 Å². The number of hydrogen-bond donors (Lipinski definition) is 0. The van der Waals surface area contributed by atoms with Crippen LogP contribution in [0.15, 0.2) is 89.4 Å². The van der Waals surface area contributed by atoms with Gasteiger partial charge in [-0.15, -0.1) is 0 Å². The highest BCUT2D eigenvalue weighted by molar-refractivity contribution is 9.10. The number of fused-ring (bicyclic) bond motifs is 1. The van der Waals surface area contributed by atoms with Crippen LogP contribution in [-0.2, 0) is 0 Å². The SMILES string of the molecule is O=C(c1ccccc1)c1cc2ccccc2nc1C(=O)c1ccc(Br)cc1. The zero-order valence-corrected chi connectivity index (χ0v) is 15.8. The number of rotatable bonds is 4. The summed E-state index contributed by atoms with van der Waals surface area (Å²) < 4.78 is 0.881. The first-order valence-electron chi connectivity index (χ1n) is 8.43. The Balaban J connectivity index is 1.91. The molecule has 0 aliphatic rings. The molecule has 0 N–H and O–H groups in total. The summed E-state index contributed by atoms with van der Waals surface area (Å²) in [6, 6.07) is 25.2. The lowest BCUT2D eigenvalue weighted by Gasteiger charge is -2.10. The van der Waals surface area contributed by atoms with Crippen molar-refractivity contribution in [3.05, 3.63) is 112 Å². The highest BCUT2D eigenvalue weighted by atomic mass is 79.9. The molecule has 0 unspecified atom stereocenters. The highest BCUT2D eigenvalue weighted by Gasteiger charge is 2.22. The first-order chi connectivity index (χ1) is 13.1. The number of nitrogens with zero attached hydrogens (tertiary/aromatic N) is 1. The van der Waals surface area contributed by atoms with E-state index in [2.05, 4.69) is 20.9 Å². The number of carbonyl (C=O) groups is 2. The van der Waals surface area contributed by atoms with Gasteiger partial charge in [-0.2, -0.15) is 0 Å². The topological polar surface area (TPSA) is 47.0 Å². The molecule has 0 bridgehead atoms. The Morgan fingerprint density at radius 2 is 1.33 bits per heavy atom. The largest absolute Gasteiger partial charge is 0.289 e. The van der Waals surface area contributed by atoms with E-state index in [9.17, 15) is 9.59 Å². The molecule has 0 radical (unpaired) electrons. The van der Waals surface area contributed by atoms with Gasteiger partial charge in [-0.3, -0.25) is 9.59 Å². The third-order valence-electron chi connectivity index (χ3n) is 4.33. The molecule has 0 spiro atoms. The third-order valence-corrected chi connectivity index (χ3v) is 4.85. The van der Waals surface area contributed by atoms with Crippen molar-refractivity contribution >= 4 is 38.4 Å². The number of carbonyl (C=O) groups excluding carboxylic acids is 2. The maximum absolute atomic E-state index is 13.1. The Kier molecular flexibility index (Phi) is 4.65. The second-order valence-corrected chi connectivity index (χ2v) is 7.02. The molecule has 3 aromatic carbocycles. The van der Waals surface area contributed by atoms with Crippen LogP contribution < -0.4 is 0 Å². The van der Waals surface area contributed by atoms with Gasteiger partial charge in [0.05, 0.1) is 11.1 Å². The van der Waals surface area contributed by atoms with E-state index in [0.717, 1.165) is 9.86 Å². The van der Waals surface area contributed by atoms with Gasteiger partial charge in [0, 0.05) is 21.0 Å². The van der Waals surface area contributed by atoms with Crippen molar-refractivity contribution in [1.29, 1.82) is 0 Å². The van der Waals surface area contributed by atoms with Crippen molar-refractivity contribution < 1.29 is 9.59 Å². The fourth-order valence-electron chi connectivity index (χ4n) is 2.95. The van der Waals surface area contributed by atoms with Crippen LogP contribution in [0.25, 0.3) is 10.9 Å². The minimum Gasteiger partial charge on any atom is -0.289 e. The summed E-state index contributed by atoms with van der Waals surface area (Å²) in [5.74, 6) is -0.484. The van der Waals surface area contributed by atoms with Crippen LogP contribution in [0, 0.1) is 0 Å². The lowest BCUT2D eigenvalue weighted by Crippen LogP contribution is -2.13. The van der Waals surface area contributed by atoms with Crippen molar-refractivity contribution in [2.24, 2.45) is 0 Å². The number of hydrogen-bond acceptors (Lipinski definition) is 3. The maximum Gasteiger partial charge on any atom is 0.212 e. The third kappa shape index (κ3) is 3.44. The van der Waals surface area contributed by atoms with E-state index in [1.165, 1.54) is 0 Å². The Morgan fingerprint density at radius 1 is 0.704 bits per heavy atom. The predicted molar refractivity (Wildman–Crippen MR) is 109 cm³/mol. The molecule has 27 heavy (non-hydrogen) atoms. The van der Waals surface area contributed by atoms with E-state index >= 15 is 0 Å². The number of aromatic nitrogens is 1. The monoisotopic (exact) mass is 415 g/mol. The molecule has 0 saturated carbocycles. The van der Waals surface area contributed by atoms with Gasteiger partial charge in [0.1, 0.15) is 5.69 Å². The molecule has 4 aromatic rings. The lowest BCUT2D eigenvalue weighted by molar-refractivity contribution is 0.1000. The Labute approximate surface area is 164 Å². The standard InChI is InChI=1S/C23H14BrNO2/c24-18-12-10-16(11-13-18)23(27)21-19(22(26)15-6-2-1-3-7-15)14-17-8-4-5-9-20(17)25-21/h1-14H. The molecule has 0 aliphatic carbocycles. The van der Waals surface area contributed by atoms with Crippen LogP contribution in [0.3, 0.4) is 0 Å². The summed E-state index contributed by atoms with van der Waals surface area (Å²) in [5, 5.41) is 0.823. The fraction of sp³-hybridized carbons (Fsp3) is 0. The van der Waals surface area contributed by atoms with Crippen molar-refractivity contribution in [3.63, 3.8) is 0 Å². The smallest absolute Gasteiger partial charge is 0.212 e. The second-order valence-electron chi connectivity index (χ2n) is 6.11. The van der Waals surface area contributed by atoms with Gasteiger partial charge in [0.25, 0.3) is 0 Å². The maximum atomic E-state index is 13.1. The summed E-state index contributed by atoms with van der Waals surface area (Å²) in [7, 11) is 0. The van der Waals surface area contributed by atoms with E-state index in [4.69, 9.17) is 0 Å². The Bertz CT molecular complexity index is 1150. The minimum atomic E-state index is -0.271. The van der Waals surface area contributed by atoms with E-state index < -0.39 is 0 Å². The first kappa shape index (κ1) is 17.3. The summed E-state index contributed by atoms with van der Waals surface area (Å²) in [6.45, 7) is 0. The summed E-state index contributed by atoms with van der Waals surface area (Å²) in [6.07, 6.45) is 0. The molecule has 0 aliphatic heterocycles. The zero-order valence-electron chi connectivity index (χ0n) is 14.2. The van der Waals surface area contributed by atoms with Crippen LogP contribution >= 0.6 is 15.9 Å². The van der Waals surface area contributed by atoms with Crippen molar-refractivity contribution in [3.8, 4) is 0 Å². The zero-order chi connectivity index (χ0) is 18.8. The molecule has 0 atom stereocenters. The van der Waals surface area contributed by atoms with E-state index in [0.29, 0.717) is 22.2 Å². The Morgan fingerprint density at radius 3 is 2.07 bits per heavy atom. The minimum absolute atomic E-state index is 0.171. The number of benzene rings is 3. The number of halogens is 1. The lowest BCUT2D eigenvalue weighted by atomic mass is 9.96. The average Bonchev–Trinajstić information content (AvgIpc) is 2.73. The van der Waals surface area contributed by atoms with Crippen LogP contribution in [0.1, 0.15) is 32.0 Å². The molecule has 3 nitrogen and oxygen atoms in total. The fourth-order valence-corrected chi connectivity index (χ4v) is 3.21. The molecular formula is C23H14BrNO2. The average molecular weight is 416 g/mol. The van der Waals surface area contributed by atoms with E-state index in [1.807, 2.05) is 30.3 Å². The summed E-state index contributed by atoms with van der Waals surface area (Å²) >= 11 is 3.37. The molecule has 0 fully saturated rings. The highest BCUT2D eigenvalue weighted by Crippen LogP contribution is 2.23.